The van der Waals surface area contributed by atoms with Gasteiger partial charge in [-0.05, 0) is 31.5 Å². The molecule has 2 aliphatic rings. The molecule has 1 saturated heterocycles. The largest absolute Gasteiger partial charge is 0.351 e. The summed E-state index contributed by atoms with van der Waals surface area (Å²) in [5.41, 5.74) is 0. The van der Waals surface area contributed by atoms with E-state index in [1.165, 1.54) is 0 Å². The van der Waals surface area contributed by atoms with E-state index in [-0.39, 0.29) is 11.9 Å². The topological polar surface area (TPSA) is 32.3 Å². The molecule has 3 atom stereocenters. The molecule has 2 fully saturated rings. The number of rotatable bonds is 1. The van der Waals surface area contributed by atoms with Crippen molar-refractivity contribution >= 4 is 23.2 Å². The molecular formula is C8H12N2OS. The molecule has 3 unspecified atom stereocenters. The minimum absolute atomic E-state index is 0.120. The summed E-state index contributed by atoms with van der Waals surface area (Å²) in [6.45, 7) is 3.99. The zero-order chi connectivity index (χ0) is 8.88. The molecule has 4 heteroatoms. The number of carbonyl (C=O) groups is 1. The molecule has 2 rings (SSSR count). The van der Waals surface area contributed by atoms with Gasteiger partial charge in [-0.2, -0.15) is 0 Å². The fourth-order valence-corrected chi connectivity index (χ4v) is 2.00. The minimum Gasteiger partial charge on any atom is -0.351 e. The first kappa shape index (κ1) is 7.98. The summed E-state index contributed by atoms with van der Waals surface area (Å²) in [6.07, 6.45) is 1.10. The van der Waals surface area contributed by atoms with Crippen LogP contribution >= 0.6 is 12.2 Å². The van der Waals surface area contributed by atoms with Crippen LogP contribution in [-0.4, -0.2) is 28.0 Å². The Kier molecular flexibility index (Phi) is 1.61. The standard InChI is InChI=1S/C8H12N2OS/c1-4-3-6(4)10-7(11)5(2)9-8(10)12/h4-6H,3H2,1-2H3,(H,9,12). The summed E-state index contributed by atoms with van der Waals surface area (Å²) >= 11 is 5.06. The van der Waals surface area contributed by atoms with Gasteiger partial charge in [-0.25, -0.2) is 0 Å². The van der Waals surface area contributed by atoms with Gasteiger partial charge >= 0.3 is 0 Å². The van der Waals surface area contributed by atoms with Gasteiger partial charge in [-0.1, -0.05) is 6.92 Å². The highest BCUT2D eigenvalue weighted by Crippen LogP contribution is 2.36. The SMILES string of the molecule is CC1NC(=S)N(C2CC2C)C1=O. The van der Waals surface area contributed by atoms with Crippen molar-refractivity contribution in [1.29, 1.82) is 0 Å². The summed E-state index contributed by atoms with van der Waals surface area (Å²) in [6, 6.07) is 0.257. The normalized spacial score (nSPS) is 40.2. The number of hydrogen-bond acceptors (Lipinski definition) is 2. The molecule has 0 radical (unpaired) electrons. The maximum absolute atomic E-state index is 11.5. The number of nitrogens with zero attached hydrogens (tertiary/aromatic N) is 1. The molecule has 0 aromatic rings. The molecule has 1 N–H and O–H groups in total. The lowest BCUT2D eigenvalue weighted by atomic mass is 10.3. The van der Waals surface area contributed by atoms with Crippen molar-refractivity contribution in [1.82, 2.24) is 10.2 Å². The van der Waals surface area contributed by atoms with Gasteiger partial charge in [0.1, 0.15) is 6.04 Å². The third-order valence-electron chi connectivity index (χ3n) is 2.57. The molecule has 66 valence electrons. The lowest BCUT2D eigenvalue weighted by molar-refractivity contribution is -0.127. The second kappa shape index (κ2) is 2.42. The minimum atomic E-state index is -0.120. The molecule has 1 aliphatic heterocycles. The van der Waals surface area contributed by atoms with Gasteiger partial charge in [-0.15, -0.1) is 0 Å². The van der Waals surface area contributed by atoms with E-state index in [0.717, 1.165) is 6.42 Å². The van der Waals surface area contributed by atoms with Crippen LogP contribution in [0, 0.1) is 5.92 Å². The van der Waals surface area contributed by atoms with E-state index < -0.39 is 0 Å². The highest BCUT2D eigenvalue weighted by molar-refractivity contribution is 7.80. The number of hydrogen-bond donors (Lipinski definition) is 1. The van der Waals surface area contributed by atoms with Gasteiger partial charge in [0.05, 0.1) is 0 Å². The summed E-state index contributed by atoms with van der Waals surface area (Å²) in [4.78, 5) is 13.3. The smallest absolute Gasteiger partial charge is 0.251 e. The first-order chi connectivity index (χ1) is 5.61. The van der Waals surface area contributed by atoms with Crippen LogP contribution in [0.4, 0.5) is 0 Å². The van der Waals surface area contributed by atoms with Crippen LogP contribution in [0.15, 0.2) is 0 Å². The molecule has 0 aromatic carbocycles. The molecule has 0 aromatic heterocycles. The molecule has 0 spiro atoms. The van der Waals surface area contributed by atoms with Crippen LogP contribution in [-0.2, 0) is 4.79 Å². The highest BCUT2D eigenvalue weighted by Gasteiger charge is 2.46. The summed E-state index contributed by atoms with van der Waals surface area (Å²) in [7, 11) is 0. The number of carbonyl (C=O) groups excluding carboxylic acids is 1. The van der Waals surface area contributed by atoms with Crippen molar-refractivity contribution < 1.29 is 4.79 Å². The van der Waals surface area contributed by atoms with E-state index in [1.807, 2.05) is 6.92 Å². The second-order valence-corrected chi connectivity index (χ2v) is 4.05. The Morgan fingerprint density at radius 2 is 2.17 bits per heavy atom. The summed E-state index contributed by atoms with van der Waals surface area (Å²) in [5, 5.41) is 3.58. The Labute approximate surface area is 77.1 Å². The summed E-state index contributed by atoms with van der Waals surface area (Å²) in [5.74, 6) is 0.758. The van der Waals surface area contributed by atoms with Gasteiger partial charge < -0.3 is 5.32 Å². The molecule has 1 aliphatic carbocycles. The van der Waals surface area contributed by atoms with Gasteiger partial charge in [0.25, 0.3) is 5.91 Å². The van der Waals surface area contributed by atoms with Gasteiger partial charge in [-0.3, -0.25) is 9.69 Å². The van der Waals surface area contributed by atoms with Crippen molar-refractivity contribution in [2.24, 2.45) is 5.92 Å². The molecule has 12 heavy (non-hydrogen) atoms. The van der Waals surface area contributed by atoms with Gasteiger partial charge in [0, 0.05) is 6.04 Å². The van der Waals surface area contributed by atoms with Crippen LogP contribution in [0.25, 0.3) is 0 Å². The van der Waals surface area contributed by atoms with Crippen molar-refractivity contribution in [3.05, 3.63) is 0 Å². The third kappa shape index (κ3) is 1.02. The van der Waals surface area contributed by atoms with Crippen LogP contribution in [0.3, 0.4) is 0 Å². The van der Waals surface area contributed by atoms with Crippen LogP contribution < -0.4 is 5.32 Å². The van der Waals surface area contributed by atoms with Crippen LogP contribution in [0.2, 0.25) is 0 Å². The molecule has 1 saturated carbocycles. The molecular weight excluding hydrogens is 172 g/mol. The van der Waals surface area contributed by atoms with Crippen molar-refractivity contribution in [3.8, 4) is 0 Å². The van der Waals surface area contributed by atoms with E-state index >= 15 is 0 Å². The fourth-order valence-electron chi connectivity index (χ4n) is 1.60. The lowest BCUT2D eigenvalue weighted by Crippen LogP contribution is -2.33. The second-order valence-electron chi connectivity index (χ2n) is 3.66. The first-order valence-electron chi connectivity index (χ1n) is 4.25. The molecule has 0 bridgehead atoms. The van der Waals surface area contributed by atoms with Crippen LogP contribution in [0.1, 0.15) is 20.3 Å². The zero-order valence-corrected chi connectivity index (χ0v) is 8.02. The molecule has 1 heterocycles. The Morgan fingerprint density at radius 3 is 2.50 bits per heavy atom. The average molecular weight is 184 g/mol. The molecule has 3 nitrogen and oxygen atoms in total. The van der Waals surface area contributed by atoms with Gasteiger partial charge in [0.15, 0.2) is 5.11 Å². The van der Waals surface area contributed by atoms with Crippen LogP contribution in [0.5, 0.6) is 0 Å². The number of thiocarbonyl (C=S) groups is 1. The lowest BCUT2D eigenvalue weighted by Gasteiger charge is -2.13. The van der Waals surface area contributed by atoms with E-state index in [4.69, 9.17) is 12.2 Å². The van der Waals surface area contributed by atoms with Gasteiger partial charge in [0.2, 0.25) is 0 Å². The number of amides is 1. The molecule has 1 amide bonds. The maximum Gasteiger partial charge on any atom is 0.251 e. The Morgan fingerprint density at radius 1 is 1.58 bits per heavy atom. The third-order valence-corrected chi connectivity index (χ3v) is 2.88. The Balaban J connectivity index is 2.14. The van der Waals surface area contributed by atoms with Crippen molar-refractivity contribution in [3.63, 3.8) is 0 Å². The quantitative estimate of drug-likeness (QED) is 0.602. The predicted molar refractivity (Wildman–Crippen MR) is 49.6 cm³/mol. The zero-order valence-electron chi connectivity index (χ0n) is 7.20. The fraction of sp³-hybridized carbons (Fsp3) is 0.750. The maximum atomic E-state index is 11.5. The number of nitrogens with one attached hydrogen (secondary N) is 1. The predicted octanol–water partition coefficient (Wildman–Crippen LogP) is 0.500. The Bertz CT molecular complexity index is 253. The Hall–Kier alpha value is -0.640. The van der Waals surface area contributed by atoms with E-state index in [9.17, 15) is 4.79 Å². The highest BCUT2D eigenvalue weighted by atomic mass is 32.1. The van der Waals surface area contributed by atoms with E-state index in [1.54, 1.807) is 4.90 Å². The first-order valence-corrected chi connectivity index (χ1v) is 4.65. The van der Waals surface area contributed by atoms with Crippen molar-refractivity contribution in [2.75, 3.05) is 0 Å². The van der Waals surface area contributed by atoms with E-state index in [2.05, 4.69) is 12.2 Å². The monoisotopic (exact) mass is 184 g/mol. The average Bonchev–Trinajstić information content (AvgIpc) is 2.61. The van der Waals surface area contributed by atoms with E-state index in [0.29, 0.717) is 17.1 Å². The summed E-state index contributed by atoms with van der Waals surface area (Å²) < 4.78 is 0. The van der Waals surface area contributed by atoms with Crippen molar-refractivity contribution in [2.45, 2.75) is 32.4 Å².